The third-order valence-electron chi connectivity index (χ3n) is 2.19. The molecule has 4 nitrogen and oxygen atoms in total. The molecule has 0 spiro atoms. The van der Waals surface area contributed by atoms with Crippen LogP contribution < -0.4 is 10.6 Å². The SMILES string of the molecule is CCNc1nc(NCc2cscn2)c(F)cc1F. The van der Waals surface area contributed by atoms with Gasteiger partial charge in [-0.2, -0.15) is 0 Å². The average Bonchev–Trinajstić information content (AvgIpc) is 2.84. The summed E-state index contributed by atoms with van der Waals surface area (Å²) in [5.74, 6) is -1.36. The molecule has 0 aliphatic rings. The zero-order valence-corrected chi connectivity index (χ0v) is 10.5. The number of hydrogen-bond donors (Lipinski definition) is 2. The van der Waals surface area contributed by atoms with E-state index in [9.17, 15) is 8.78 Å². The summed E-state index contributed by atoms with van der Waals surface area (Å²) < 4.78 is 26.8. The van der Waals surface area contributed by atoms with Crippen molar-refractivity contribution >= 4 is 23.0 Å². The van der Waals surface area contributed by atoms with Crippen molar-refractivity contribution in [2.24, 2.45) is 0 Å². The normalized spacial score (nSPS) is 10.4. The molecule has 0 atom stereocenters. The highest BCUT2D eigenvalue weighted by Crippen LogP contribution is 2.19. The van der Waals surface area contributed by atoms with Gasteiger partial charge < -0.3 is 10.6 Å². The molecule has 7 heteroatoms. The lowest BCUT2D eigenvalue weighted by atomic mass is 10.3. The lowest BCUT2D eigenvalue weighted by molar-refractivity contribution is 0.578. The minimum atomic E-state index is -0.718. The topological polar surface area (TPSA) is 49.8 Å². The second-order valence-electron chi connectivity index (χ2n) is 3.51. The zero-order valence-electron chi connectivity index (χ0n) is 9.70. The van der Waals surface area contributed by atoms with Crippen molar-refractivity contribution in [1.82, 2.24) is 9.97 Å². The second kappa shape index (κ2) is 5.72. The molecule has 18 heavy (non-hydrogen) atoms. The number of aromatic nitrogens is 2. The van der Waals surface area contributed by atoms with Crippen LogP contribution in [0.15, 0.2) is 17.0 Å². The molecule has 0 aliphatic heterocycles. The lowest BCUT2D eigenvalue weighted by Crippen LogP contribution is -2.08. The van der Waals surface area contributed by atoms with Crippen LogP contribution >= 0.6 is 11.3 Å². The van der Waals surface area contributed by atoms with Crippen LogP contribution in [0.1, 0.15) is 12.6 Å². The maximum absolute atomic E-state index is 13.5. The van der Waals surface area contributed by atoms with Crippen LogP contribution in [0.5, 0.6) is 0 Å². The molecular weight excluding hydrogens is 258 g/mol. The first-order chi connectivity index (χ1) is 8.70. The molecular formula is C11H12F2N4S. The van der Waals surface area contributed by atoms with Gasteiger partial charge in [0.05, 0.1) is 17.7 Å². The van der Waals surface area contributed by atoms with Gasteiger partial charge in [0.2, 0.25) is 0 Å². The third kappa shape index (κ3) is 2.92. The van der Waals surface area contributed by atoms with Gasteiger partial charge in [0.25, 0.3) is 0 Å². The number of anilines is 2. The summed E-state index contributed by atoms with van der Waals surface area (Å²) in [5, 5.41) is 7.37. The largest absolute Gasteiger partial charge is 0.368 e. The fraction of sp³-hybridized carbons (Fsp3) is 0.273. The van der Waals surface area contributed by atoms with Gasteiger partial charge in [-0.3, -0.25) is 0 Å². The number of pyridine rings is 1. The molecule has 2 rings (SSSR count). The van der Waals surface area contributed by atoms with Crippen LogP contribution in [0, 0.1) is 11.6 Å². The van der Waals surface area contributed by atoms with Crippen LogP contribution in [0.4, 0.5) is 20.4 Å². The molecule has 2 aromatic heterocycles. The Morgan fingerprint density at radius 3 is 2.56 bits per heavy atom. The van der Waals surface area contributed by atoms with E-state index >= 15 is 0 Å². The van der Waals surface area contributed by atoms with Gasteiger partial charge >= 0.3 is 0 Å². The molecule has 96 valence electrons. The smallest absolute Gasteiger partial charge is 0.168 e. The average molecular weight is 270 g/mol. The van der Waals surface area contributed by atoms with Crippen molar-refractivity contribution in [3.63, 3.8) is 0 Å². The predicted octanol–water partition coefficient (Wildman–Crippen LogP) is 2.86. The van der Waals surface area contributed by atoms with Gasteiger partial charge in [0.1, 0.15) is 0 Å². The van der Waals surface area contributed by atoms with E-state index in [-0.39, 0.29) is 11.6 Å². The molecule has 0 aliphatic carbocycles. The van der Waals surface area contributed by atoms with Crippen LogP contribution in [-0.2, 0) is 6.54 Å². The highest BCUT2D eigenvalue weighted by Gasteiger charge is 2.11. The highest BCUT2D eigenvalue weighted by atomic mass is 32.1. The van der Waals surface area contributed by atoms with Gasteiger partial charge in [-0.15, -0.1) is 11.3 Å². The maximum atomic E-state index is 13.5. The van der Waals surface area contributed by atoms with Crippen LogP contribution in [0.3, 0.4) is 0 Å². The Morgan fingerprint density at radius 1 is 1.22 bits per heavy atom. The van der Waals surface area contributed by atoms with Crippen molar-refractivity contribution < 1.29 is 8.78 Å². The van der Waals surface area contributed by atoms with Crippen molar-refractivity contribution in [1.29, 1.82) is 0 Å². The van der Waals surface area contributed by atoms with E-state index < -0.39 is 11.6 Å². The van der Waals surface area contributed by atoms with Gasteiger partial charge in [-0.25, -0.2) is 18.7 Å². The molecule has 2 N–H and O–H groups in total. The van der Waals surface area contributed by atoms with Crippen molar-refractivity contribution in [3.05, 3.63) is 34.3 Å². The number of nitrogens with zero attached hydrogens (tertiary/aromatic N) is 2. The summed E-state index contributed by atoms with van der Waals surface area (Å²) in [6.07, 6.45) is 0. The molecule has 0 bridgehead atoms. The molecule has 2 aromatic rings. The summed E-state index contributed by atoms with van der Waals surface area (Å²) in [6, 6.07) is 0.814. The Labute approximate surface area is 107 Å². The molecule has 0 saturated carbocycles. The predicted molar refractivity (Wildman–Crippen MR) is 67.8 cm³/mol. The summed E-state index contributed by atoms with van der Waals surface area (Å²) in [7, 11) is 0. The van der Waals surface area contributed by atoms with Gasteiger partial charge in [0.15, 0.2) is 23.3 Å². The highest BCUT2D eigenvalue weighted by molar-refractivity contribution is 7.07. The number of rotatable bonds is 5. The van der Waals surface area contributed by atoms with Gasteiger partial charge in [0, 0.05) is 18.0 Å². The van der Waals surface area contributed by atoms with Crippen LogP contribution in [-0.4, -0.2) is 16.5 Å². The third-order valence-corrected chi connectivity index (χ3v) is 2.83. The second-order valence-corrected chi connectivity index (χ2v) is 4.23. The Hall–Kier alpha value is -1.76. The maximum Gasteiger partial charge on any atom is 0.168 e. The van der Waals surface area contributed by atoms with E-state index in [0.29, 0.717) is 13.1 Å². The molecule has 2 heterocycles. The Bertz CT molecular complexity index is 516. The number of thiazole rings is 1. The van der Waals surface area contributed by atoms with E-state index in [2.05, 4.69) is 20.6 Å². The van der Waals surface area contributed by atoms with E-state index in [1.54, 1.807) is 5.51 Å². The van der Waals surface area contributed by atoms with E-state index in [1.807, 2.05) is 12.3 Å². The first-order valence-corrected chi connectivity index (χ1v) is 6.35. The molecule has 0 aromatic carbocycles. The van der Waals surface area contributed by atoms with Gasteiger partial charge in [-0.05, 0) is 6.92 Å². The first-order valence-electron chi connectivity index (χ1n) is 5.41. The van der Waals surface area contributed by atoms with E-state index in [1.165, 1.54) is 11.3 Å². The minimum absolute atomic E-state index is 0.0142. The quantitative estimate of drug-likeness (QED) is 0.877. The van der Waals surface area contributed by atoms with Crippen molar-refractivity contribution in [2.75, 3.05) is 17.2 Å². The number of hydrogen-bond acceptors (Lipinski definition) is 5. The summed E-state index contributed by atoms with van der Waals surface area (Å²) in [6.45, 7) is 2.68. The first kappa shape index (κ1) is 12.7. The minimum Gasteiger partial charge on any atom is -0.368 e. The lowest BCUT2D eigenvalue weighted by Gasteiger charge is -2.09. The molecule has 0 fully saturated rings. The number of nitrogens with one attached hydrogen (secondary N) is 2. The van der Waals surface area contributed by atoms with E-state index in [0.717, 1.165) is 11.8 Å². The van der Waals surface area contributed by atoms with Gasteiger partial charge in [-0.1, -0.05) is 0 Å². The number of halogens is 2. The van der Waals surface area contributed by atoms with Crippen molar-refractivity contribution in [3.8, 4) is 0 Å². The molecule has 0 amide bonds. The standard InChI is InChI=1S/C11H12F2N4S/c1-2-14-10-8(12)3-9(13)11(17-10)15-4-7-5-18-6-16-7/h3,5-6H,2,4H2,1H3,(H2,14,15,17). The molecule has 0 saturated heterocycles. The molecule has 0 unspecified atom stereocenters. The Kier molecular flexibility index (Phi) is 4.03. The fourth-order valence-corrected chi connectivity index (χ4v) is 1.94. The van der Waals surface area contributed by atoms with Crippen molar-refractivity contribution in [2.45, 2.75) is 13.5 Å². The Balaban J connectivity index is 2.13. The van der Waals surface area contributed by atoms with Crippen LogP contribution in [0.25, 0.3) is 0 Å². The summed E-state index contributed by atoms with van der Waals surface area (Å²) in [5.41, 5.74) is 2.48. The summed E-state index contributed by atoms with van der Waals surface area (Å²) >= 11 is 1.46. The van der Waals surface area contributed by atoms with E-state index in [4.69, 9.17) is 0 Å². The summed E-state index contributed by atoms with van der Waals surface area (Å²) in [4.78, 5) is 7.92. The monoisotopic (exact) mass is 270 g/mol. The fourth-order valence-electron chi connectivity index (χ4n) is 1.38. The van der Waals surface area contributed by atoms with Crippen LogP contribution in [0.2, 0.25) is 0 Å². The molecule has 0 radical (unpaired) electrons. The Morgan fingerprint density at radius 2 is 1.94 bits per heavy atom. The zero-order chi connectivity index (χ0) is 13.0.